The molecule has 5 heteroatoms. The van der Waals surface area contributed by atoms with Crippen molar-refractivity contribution in [2.45, 2.75) is 45.6 Å². The lowest BCUT2D eigenvalue weighted by Crippen LogP contribution is -2.42. The third-order valence-electron chi connectivity index (χ3n) is 4.30. The number of aliphatic hydroxyl groups excluding tert-OH is 1. The Morgan fingerprint density at radius 1 is 1.30 bits per heavy atom. The molecule has 0 bridgehead atoms. The Bertz CT molecular complexity index is 474. The van der Waals surface area contributed by atoms with Gasteiger partial charge in [-0.3, -0.25) is 4.99 Å². The Morgan fingerprint density at radius 3 is 2.57 bits per heavy atom. The quantitative estimate of drug-likeness (QED) is 0.337. The monoisotopic (exact) mass is 431 g/mol. The van der Waals surface area contributed by atoms with E-state index in [1.54, 1.807) is 0 Å². The molecule has 0 spiro atoms. The van der Waals surface area contributed by atoms with Crippen molar-refractivity contribution < 1.29 is 5.11 Å². The van der Waals surface area contributed by atoms with Gasteiger partial charge in [0, 0.05) is 18.0 Å². The van der Waals surface area contributed by atoms with Crippen molar-refractivity contribution >= 4 is 29.9 Å². The first-order valence-corrected chi connectivity index (χ1v) is 8.37. The molecule has 130 valence electrons. The summed E-state index contributed by atoms with van der Waals surface area (Å²) in [5, 5.41) is 16.1. The van der Waals surface area contributed by atoms with E-state index in [0.717, 1.165) is 38.2 Å². The second-order valence-corrected chi connectivity index (χ2v) is 6.42. The van der Waals surface area contributed by atoms with E-state index >= 15 is 0 Å². The van der Waals surface area contributed by atoms with Crippen molar-refractivity contribution in [1.29, 1.82) is 0 Å². The van der Waals surface area contributed by atoms with Crippen LogP contribution in [0.2, 0.25) is 0 Å². The summed E-state index contributed by atoms with van der Waals surface area (Å²) in [6.45, 7) is 6.08. The third-order valence-corrected chi connectivity index (χ3v) is 4.30. The average Bonchev–Trinajstić information content (AvgIpc) is 3.32. The standard InChI is InChI=1S/C18H29N3O.HI/c1-3-19-17(20-13-18(14-22)11-12-18)21-15(2)9-10-16-7-5-4-6-8-16;/h4-8,15,22H,3,9-14H2,1-2H3,(H2,19,20,21);1H. The SMILES string of the molecule is CCNC(=NCC1(CO)CC1)NC(C)CCc1ccccc1.I. The van der Waals surface area contributed by atoms with Crippen LogP contribution in [0.25, 0.3) is 0 Å². The molecule has 0 aliphatic heterocycles. The lowest BCUT2D eigenvalue weighted by molar-refractivity contribution is 0.217. The van der Waals surface area contributed by atoms with Gasteiger partial charge in [-0.05, 0) is 45.1 Å². The Kier molecular flexibility index (Phi) is 8.91. The number of aliphatic imine (C=N–C) groups is 1. The van der Waals surface area contributed by atoms with Crippen molar-refractivity contribution in [2.24, 2.45) is 10.4 Å². The molecule has 1 atom stereocenters. The van der Waals surface area contributed by atoms with Gasteiger partial charge in [-0.15, -0.1) is 24.0 Å². The fourth-order valence-electron chi connectivity index (χ4n) is 2.44. The second-order valence-electron chi connectivity index (χ2n) is 6.42. The van der Waals surface area contributed by atoms with E-state index in [1.165, 1.54) is 5.56 Å². The molecule has 0 heterocycles. The smallest absolute Gasteiger partial charge is 0.191 e. The molecule has 2 rings (SSSR count). The highest BCUT2D eigenvalue weighted by atomic mass is 127. The summed E-state index contributed by atoms with van der Waals surface area (Å²) in [7, 11) is 0. The van der Waals surface area contributed by atoms with E-state index in [4.69, 9.17) is 0 Å². The molecular weight excluding hydrogens is 401 g/mol. The van der Waals surface area contributed by atoms with Crippen LogP contribution in [0, 0.1) is 5.41 Å². The number of benzene rings is 1. The van der Waals surface area contributed by atoms with Gasteiger partial charge in [-0.25, -0.2) is 0 Å². The van der Waals surface area contributed by atoms with Crippen LogP contribution in [-0.2, 0) is 6.42 Å². The zero-order valence-corrected chi connectivity index (χ0v) is 16.5. The summed E-state index contributed by atoms with van der Waals surface area (Å²) in [6, 6.07) is 10.9. The molecule has 1 fully saturated rings. The number of halogens is 1. The predicted molar refractivity (Wildman–Crippen MR) is 108 cm³/mol. The summed E-state index contributed by atoms with van der Waals surface area (Å²) in [4.78, 5) is 4.65. The van der Waals surface area contributed by atoms with Gasteiger partial charge in [0.05, 0.1) is 13.2 Å². The molecule has 23 heavy (non-hydrogen) atoms. The number of nitrogens with one attached hydrogen (secondary N) is 2. The summed E-state index contributed by atoms with van der Waals surface area (Å²) in [5.74, 6) is 0.864. The molecule has 1 unspecified atom stereocenters. The number of aliphatic hydroxyl groups is 1. The van der Waals surface area contributed by atoms with Gasteiger partial charge in [0.2, 0.25) is 0 Å². The van der Waals surface area contributed by atoms with Crippen LogP contribution in [0.5, 0.6) is 0 Å². The molecule has 1 aromatic rings. The van der Waals surface area contributed by atoms with E-state index in [-0.39, 0.29) is 36.0 Å². The van der Waals surface area contributed by atoms with Crippen molar-refractivity contribution in [1.82, 2.24) is 10.6 Å². The molecular formula is C18H30IN3O. The van der Waals surface area contributed by atoms with E-state index in [0.29, 0.717) is 12.6 Å². The number of rotatable bonds is 8. The van der Waals surface area contributed by atoms with E-state index < -0.39 is 0 Å². The molecule has 0 saturated heterocycles. The first kappa shape index (κ1) is 20.2. The maximum atomic E-state index is 9.38. The molecule has 0 amide bonds. The van der Waals surface area contributed by atoms with Crippen molar-refractivity contribution in [2.75, 3.05) is 19.7 Å². The Labute approximate surface area is 157 Å². The number of nitrogens with zero attached hydrogens (tertiary/aromatic N) is 1. The van der Waals surface area contributed by atoms with E-state index in [2.05, 4.69) is 59.8 Å². The van der Waals surface area contributed by atoms with Crippen LogP contribution in [0.3, 0.4) is 0 Å². The molecule has 0 aromatic heterocycles. The maximum absolute atomic E-state index is 9.38. The summed E-state index contributed by atoms with van der Waals surface area (Å²) < 4.78 is 0. The van der Waals surface area contributed by atoms with Crippen molar-refractivity contribution in [3.8, 4) is 0 Å². The molecule has 1 aliphatic carbocycles. The molecule has 3 N–H and O–H groups in total. The minimum absolute atomic E-state index is 0. The lowest BCUT2D eigenvalue weighted by Gasteiger charge is -2.19. The first-order chi connectivity index (χ1) is 10.7. The second kappa shape index (κ2) is 10.1. The van der Waals surface area contributed by atoms with Gasteiger partial charge >= 0.3 is 0 Å². The molecule has 0 radical (unpaired) electrons. The number of hydrogen-bond donors (Lipinski definition) is 3. The van der Waals surface area contributed by atoms with E-state index in [1.807, 2.05) is 0 Å². The normalized spacial score (nSPS) is 17.1. The number of aryl methyl sites for hydroxylation is 1. The summed E-state index contributed by atoms with van der Waals surface area (Å²) in [6.07, 6.45) is 4.32. The van der Waals surface area contributed by atoms with Crippen LogP contribution in [0.1, 0.15) is 38.7 Å². The zero-order chi connectivity index (χ0) is 15.8. The largest absolute Gasteiger partial charge is 0.396 e. The first-order valence-electron chi connectivity index (χ1n) is 8.37. The van der Waals surface area contributed by atoms with Crippen LogP contribution in [0.4, 0.5) is 0 Å². The Hall–Kier alpha value is -0.820. The summed E-state index contributed by atoms with van der Waals surface area (Å²) in [5.41, 5.74) is 1.44. The highest BCUT2D eigenvalue weighted by molar-refractivity contribution is 14.0. The molecule has 1 saturated carbocycles. The van der Waals surface area contributed by atoms with E-state index in [9.17, 15) is 5.11 Å². The van der Waals surface area contributed by atoms with Gasteiger partial charge in [-0.1, -0.05) is 30.3 Å². The fraction of sp³-hybridized carbons (Fsp3) is 0.611. The zero-order valence-electron chi connectivity index (χ0n) is 14.2. The Balaban J connectivity index is 0.00000264. The highest BCUT2D eigenvalue weighted by Crippen LogP contribution is 2.45. The third kappa shape index (κ3) is 7.08. The fourth-order valence-corrected chi connectivity index (χ4v) is 2.44. The number of guanidine groups is 1. The van der Waals surface area contributed by atoms with Crippen LogP contribution in [-0.4, -0.2) is 36.8 Å². The minimum Gasteiger partial charge on any atom is -0.396 e. The van der Waals surface area contributed by atoms with Gasteiger partial charge in [-0.2, -0.15) is 0 Å². The topological polar surface area (TPSA) is 56.7 Å². The van der Waals surface area contributed by atoms with Gasteiger partial charge in [0.1, 0.15) is 0 Å². The van der Waals surface area contributed by atoms with Crippen LogP contribution < -0.4 is 10.6 Å². The van der Waals surface area contributed by atoms with Gasteiger partial charge in [0.15, 0.2) is 5.96 Å². The van der Waals surface area contributed by atoms with Crippen molar-refractivity contribution in [3.63, 3.8) is 0 Å². The lowest BCUT2D eigenvalue weighted by atomic mass is 10.1. The van der Waals surface area contributed by atoms with Crippen molar-refractivity contribution in [3.05, 3.63) is 35.9 Å². The van der Waals surface area contributed by atoms with Gasteiger partial charge in [0.25, 0.3) is 0 Å². The van der Waals surface area contributed by atoms with Crippen LogP contribution >= 0.6 is 24.0 Å². The minimum atomic E-state index is 0. The molecule has 4 nitrogen and oxygen atoms in total. The van der Waals surface area contributed by atoms with Gasteiger partial charge < -0.3 is 15.7 Å². The molecule has 1 aliphatic rings. The maximum Gasteiger partial charge on any atom is 0.191 e. The highest BCUT2D eigenvalue weighted by Gasteiger charge is 2.41. The summed E-state index contributed by atoms with van der Waals surface area (Å²) >= 11 is 0. The average molecular weight is 431 g/mol. The number of hydrogen-bond acceptors (Lipinski definition) is 2. The van der Waals surface area contributed by atoms with Crippen LogP contribution in [0.15, 0.2) is 35.3 Å². The molecule has 1 aromatic carbocycles. The predicted octanol–water partition coefficient (Wildman–Crippen LogP) is 2.95. The Morgan fingerprint density at radius 2 is 2.00 bits per heavy atom.